The van der Waals surface area contributed by atoms with Crippen molar-refractivity contribution in [3.8, 4) is 0 Å². The van der Waals surface area contributed by atoms with E-state index in [1.165, 1.54) is 0 Å². The molecule has 1 fully saturated rings. The highest BCUT2D eigenvalue weighted by Gasteiger charge is 2.21. The molecule has 0 spiro atoms. The summed E-state index contributed by atoms with van der Waals surface area (Å²) in [7, 11) is 0. The number of hydrogen-bond acceptors (Lipinski definition) is 2. The molecule has 10 heavy (non-hydrogen) atoms. The standard InChI is InChI=1S/C8H14O2/c1-2-3-7-6-10-5-4-8(7)9/h7H,2-6H2,1H3. The van der Waals surface area contributed by atoms with Crippen LogP contribution in [0.5, 0.6) is 0 Å². The van der Waals surface area contributed by atoms with Crippen LogP contribution in [0, 0.1) is 5.92 Å². The van der Waals surface area contributed by atoms with Crippen LogP contribution < -0.4 is 0 Å². The van der Waals surface area contributed by atoms with Gasteiger partial charge in [-0.2, -0.15) is 0 Å². The van der Waals surface area contributed by atoms with Crippen molar-refractivity contribution in [3.05, 3.63) is 0 Å². The van der Waals surface area contributed by atoms with Crippen LogP contribution in [0.2, 0.25) is 0 Å². The lowest BCUT2D eigenvalue weighted by Crippen LogP contribution is -2.27. The zero-order chi connectivity index (χ0) is 7.40. The lowest BCUT2D eigenvalue weighted by molar-refractivity contribution is -0.130. The lowest BCUT2D eigenvalue weighted by atomic mass is 9.96. The quantitative estimate of drug-likeness (QED) is 0.582. The Bertz CT molecular complexity index is 118. The Kier molecular flexibility index (Phi) is 2.87. The highest BCUT2D eigenvalue weighted by Crippen LogP contribution is 2.14. The molecular weight excluding hydrogens is 128 g/mol. The molecule has 1 aliphatic rings. The first-order valence-corrected chi connectivity index (χ1v) is 3.95. The molecule has 2 heteroatoms. The number of carbonyl (C=O) groups excluding carboxylic acids is 1. The molecule has 1 heterocycles. The Labute approximate surface area is 61.6 Å². The number of Topliss-reactive ketones (excluding diaryl/α,β-unsaturated/α-hetero) is 1. The van der Waals surface area contributed by atoms with Crippen molar-refractivity contribution in [2.24, 2.45) is 5.92 Å². The summed E-state index contributed by atoms with van der Waals surface area (Å²) < 4.78 is 5.18. The van der Waals surface area contributed by atoms with Gasteiger partial charge in [-0.1, -0.05) is 13.3 Å². The lowest BCUT2D eigenvalue weighted by Gasteiger charge is -2.19. The van der Waals surface area contributed by atoms with Gasteiger partial charge in [0.15, 0.2) is 0 Å². The molecule has 0 amide bonds. The number of ketones is 1. The van der Waals surface area contributed by atoms with Crippen LogP contribution >= 0.6 is 0 Å². The van der Waals surface area contributed by atoms with Gasteiger partial charge in [0.1, 0.15) is 5.78 Å². The molecule has 0 saturated carbocycles. The van der Waals surface area contributed by atoms with Crippen molar-refractivity contribution < 1.29 is 9.53 Å². The molecule has 1 rings (SSSR count). The first kappa shape index (κ1) is 7.73. The second kappa shape index (κ2) is 3.71. The monoisotopic (exact) mass is 142 g/mol. The van der Waals surface area contributed by atoms with E-state index < -0.39 is 0 Å². The Morgan fingerprint density at radius 2 is 2.50 bits per heavy atom. The Morgan fingerprint density at radius 1 is 1.70 bits per heavy atom. The predicted molar refractivity (Wildman–Crippen MR) is 38.8 cm³/mol. The van der Waals surface area contributed by atoms with Gasteiger partial charge in [-0.15, -0.1) is 0 Å². The van der Waals surface area contributed by atoms with Crippen LogP contribution in [0.1, 0.15) is 26.2 Å². The summed E-state index contributed by atoms with van der Waals surface area (Å²) in [6.45, 7) is 3.40. The number of rotatable bonds is 2. The third kappa shape index (κ3) is 1.81. The average Bonchev–Trinajstić information content (AvgIpc) is 1.94. The van der Waals surface area contributed by atoms with Crippen molar-refractivity contribution in [1.29, 1.82) is 0 Å². The predicted octanol–water partition coefficient (Wildman–Crippen LogP) is 1.39. The van der Waals surface area contributed by atoms with E-state index in [4.69, 9.17) is 4.74 Å². The van der Waals surface area contributed by atoms with E-state index in [2.05, 4.69) is 6.92 Å². The zero-order valence-electron chi connectivity index (χ0n) is 6.43. The number of carbonyl (C=O) groups is 1. The van der Waals surface area contributed by atoms with Gasteiger partial charge in [-0.3, -0.25) is 4.79 Å². The molecule has 0 aliphatic carbocycles. The summed E-state index contributed by atoms with van der Waals surface area (Å²) in [5.41, 5.74) is 0. The summed E-state index contributed by atoms with van der Waals surface area (Å²) in [4.78, 5) is 11.1. The molecule has 0 N–H and O–H groups in total. The van der Waals surface area contributed by atoms with Crippen LogP contribution in [0.25, 0.3) is 0 Å². The highest BCUT2D eigenvalue weighted by atomic mass is 16.5. The minimum absolute atomic E-state index is 0.207. The molecule has 1 saturated heterocycles. The fourth-order valence-corrected chi connectivity index (χ4v) is 1.29. The van der Waals surface area contributed by atoms with Crippen molar-refractivity contribution in [1.82, 2.24) is 0 Å². The van der Waals surface area contributed by atoms with Gasteiger partial charge in [0.2, 0.25) is 0 Å². The normalized spacial score (nSPS) is 26.9. The molecule has 0 aromatic carbocycles. The topological polar surface area (TPSA) is 26.3 Å². The van der Waals surface area contributed by atoms with Gasteiger partial charge < -0.3 is 4.74 Å². The van der Waals surface area contributed by atoms with Gasteiger partial charge in [0, 0.05) is 12.3 Å². The second-order valence-electron chi connectivity index (χ2n) is 2.78. The number of hydrogen-bond donors (Lipinski definition) is 0. The summed E-state index contributed by atoms with van der Waals surface area (Å²) in [5.74, 6) is 0.604. The molecule has 1 atom stereocenters. The molecule has 1 unspecified atom stereocenters. The Morgan fingerprint density at radius 3 is 3.10 bits per heavy atom. The van der Waals surface area contributed by atoms with Crippen molar-refractivity contribution in [3.63, 3.8) is 0 Å². The first-order valence-electron chi connectivity index (χ1n) is 3.95. The molecule has 0 aromatic heterocycles. The zero-order valence-corrected chi connectivity index (χ0v) is 6.43. The van der Waals surface area contributed by atoms with Gasteiger partial charge in [-0.25, -0.2) is 0 Å². The molecule has 0 radical (unpaired) electrons. The smallest absolute Gasteiger partial charge is 0.140 e. The summed E-state index contributed by atoms with van der Waals surface area (Å²) in [6.07, 6.45) is 2.71. The molecular formula is C8H14O2. The van der Waals surface area contributed by atoms with Gasteiger partial charge in [0.05, 0.1) is 13.2 Å². The molecule has 0 aromatic rings. The summed E-state index contributed by atoms with van der Waals surface area (Å²) in [6, 6.07) is 0. The van der Waals surface area contributed by atoms with E-state index in [1.54, 1.807) is 0 Å². The highest BCUT2D eigenvalue weighted by molar-refractivity contribution is 5.81. The minimum atomic E-state index is 0.207. The van der Waals surface area contributed by atoms with E-state index in [0.29, 0.717) is 25.4 Å². The summed E-state index contributed by atoms with van der Waals surface area (Å²) in [5, 5.41) is 0. The molecule has 58 valence electrons. The average molecular weight is 142 g/mol. The van der Waals surface area contributed by atoms with E-state index in [0.717, 1.165) is 12.8 Å². The third-order valence-corrected chi connectivity index (χ3v) is 1.90. The van der Waals surface area contributed by atoms with Crippen molar-refractivity contribution >= 4 is 5.78 Å². The Hall–Kier alpha value is -0.370. The summed E-state index contributed by atoms with van der Waals surface area (Å²) >= 11 is 0. The SMILES string of the molecule is CCCC1COCCC1=O. The van der Waals surface area contributed by atoms with Crippen LogP contribution in [-0.2, 0) is 9.53 Å². The van der Waals surface area contributed by atoms with Crippen molar-refractivity contribution in [2.45, 2.75) is 26.2 Å². The molecule has 0 bridgehead atoms. The van der Waals surface area contributed by atoms with Crippen LogP contribution in [0.15, 0.2) is 0 Å². The van der Waals surface area contributed by atoms with Gasteiger partial charge >= 0.3 is 0 Å². The first-order chi connectivity index (χ1) is 4.84. The number of ether oxygens (including phenoxy) is 1. The maximum atomic E-state index is 11.1. The minimum Gasteiger partial charge on any atom is -0.380 e. The Balaban J connectivity index is 2.32. The van der Waals surface area contributed by atoms with E-state index >= 15 is 0 Å². The van der Waals surface area contributed by atoms with Crippen LogP contribution in [0.3, 0.4) is 0 Å². The van der Waals surface area contributed by atoms with Crippen LogP contribution in [0.4, 0.5) is 0 Å². The van der Waals surface area contributed by atoms with Crippen molar-refractivity contribution in [2.75, 3.05) is 13.2 Å². The van der Waals surface area contributed by atoms with E-state index in [9.17, 15) is 4.79 Å². The maximum Gasteiger partial charge on any atom is 0.140 e. The largest absolute Gasteiger partial charge is 0.380 e. The fraction of sp³-hybridized carbons (Fsp3) is 0.875. The van der Waals surface area contributed by atoms with E-state index in [1.807, 2.05) is 0 Å². The maximum absolute atomic E-state index is 11.1. The molecule has 2 nitrogen and oxygen atoms in total. The second-order valence-corrected chi connectivity index (χ2v) is 2.78. The third-order valence-electron chi connectivity index (χ3n) is 1.90. The van der Waals surface area contributed by atoms with Gasteiger partial charge in [0.25, 0.3) is 0 Å². The molecule has 1 aliphatic heterocycles. The van der Waals surface area contributed by atoms with Gasteiger partial charge in [-0.05, 0) is 6.42 Å². The van der Waals surface area contributed by atoms with E-state index in [-0.39, 0.29) is 5.92 Å². The van der Waals surface area contributed by atoms with Crippen LogP contribution in [-0.4, -0.2) is 19.0 Å². The fourth-order valence-electron chi connectivity index (χ4n) is 1.29.